The van der Waals surface area contributed by atoms with Gasteiger partial charge in [-0.25, -0.2) is 4.98 Å². The average molecular weight is 356 g/mol. The van der Waals surface area contributed by atoms with Gasteiger partial charge in [-0.3, -0.25) is 4.79 Å². The molecule has 0 radical (unpaired) electrons. The molecule has 4 nitrogen and oxygen atoms in total. The molecule has 0 bridgehead atoms. The summed E-state index contributed by atoms with van der Waals surface area (Å²) < 4.78 is 0. The molecule has 1 aromatic heterocycles. The van der Waals surface area contributed by atoms with E-state index in [1.54, 1.807) is 17.5 Å². The zero-order chi connectivity index (χ0) is 15.5. The summed E-state index contributed by atoms with van der Waals surface area (Å²) >= 11 is 13.5. The molecular weight excluding hydrogens is 341 g/mol. The van der Waals surface area contributed by atoms with Gasteiger partial charge in [-0.05, 0) is 31.2 Å². The molecule has 1 amide bonds. The molecule has 1 fully saturated rings. The number of amides is 1. The lowest BCUT2D eigenvalue weighted by molar-refractivity contribution is 0.0761. The smallest absolute Gasteiger partial charge is 0.273 e. The first-order valence-corrected chi connectivity index (χ1v) is 8.69. The Kier molecular flexibility index (Phi) is 4.98. The van der Waals surface area contributed by atoms with E-state index in [1.807, 2.05) is 11.0 Å². The topological polar surface area (TPSA) is 45.2 Å². The highest BCUT2D eigenvalue weighted by atomic mass is 35.5. The minimum atomic E-state index is -0.0173. The Labute approximate surface area is 143 Å². The summed E-state index contributed by atoms with van der Waals surface area (Å²) in [7, 11) is 0. The molecule has 0 unspecified atom stereocenters. The second-order valence-electron chi connectivity index (χ2n) is 5.06. The summed E-state index contributed by atoms with van der Waals surface area (Å²) in [5.74, 6) is -0.0173. The van der Waals surface area contributed by atoms with Crippen LogP contribution in [0.5, 0.6) is 0 Å². The average Bonchev–Trinajstić information content (AvgIpc) is 2.81. The van der Waals surface area contributed by atoms with Gasteiger partial charge in [-0.1, -0.05) is 23.2 Å². The van der Waals surface area contributed by atoms with Crippen molar-refractivity contribution in [3.05, 3.63) is 39.3 Å². The number of carbonyl (C=O) groups is 1. The maximum Gasteiger partial charge on any atom is 0.273 e. The molecule has 3 rings (SSSR count). The number of nitrogens with one attached hydrogen (secondary N) is 1. The van der Waals surface area contributed by atoms with E-state index in [0.717, 1.165) is 36.6 Å². The van der Waals surface area contributed by atoms with Gasteiger partial charge < -0.3 is 10.2 Å². The Hall–Kier alpha value is -1.14. The molecule has 0 atom stereocenters. The highest BCUT2D eigenvalue weighted by Gasteiger charge is 2.20. The van der Waals surface area contributed by atoms with Crippen molar-refractivity contribution >= 4 is 40.4 Å². The predicted molar refractivity (Wildman–Crippen MR) is 91.0 cm³/mol. The van der Waals surface area contributed by atoms with Crippen LogP contribution in [-0.4, -0.2) is 42.0 Å². The summed E-state index contributed by atoms with van der Waals surface area (Å²) in [6.45, 7) is 3.26. The highest BCUT2D eigenvalue weighted by molar-refractivity contribution is 7.13. The molecule has 1 aliphatic heterocycles. The van der Waals surface area contributed by atoms with Gasteiger partial charge in [0.05, 0.1) is 5.02 Å². The van der Waals surface area contributed by atoms with Crippen molar-refractivity contribution < 1.29 is 4.79 Å². The van der Waals surface area contributed by atoms with Crippen LogP contribution in [0.1, 0.15) is 16.9 Å². The first-order chi connectivity index (χ1) is 10.6. The van der Waals surface area contributed by atoms with Gasteiger partial charge in [0.25, 0.3) is 5.91 Å². The van der Waals surface area contributed by atoms with Crippen LogP contribution in [0.3, 0.4) is 0 Å². The molecule has 116 valence electrons. The molecule has 22 heavy (non-hydrogen) atoms. The van der Waals surface area contributed by atoms with Gasteiger partial charge in [-0.2, -0.15) is 0 Å². The zero-order valence-electron chi connectivity index (χ0n) is 11.8. The Morgan fingerprint density at radius 1 is 1.27 bits per heavy atom. The number of benzene rings is 1. The van der Waals surface area contributed by atoms with Crippen LogP contribution in [0.15, 0.2) is 23.6 Å². The summed E-state index contributed by atoms with van der Waals surface area (Å²) in [5, 5.41) is 6.94. The summed E-state index contributed by atoms with van der Waals surface area (Å²) in [4.78, 5) is 18.8. The van der Waals surface area contributed by atoms with Gasteiger partial charge in [0.2, 0.25) is 0 Å². The fourth-order valence-corrected chi connectivity index (χ4v) is 3.76. The molecule has 0 spiro atoms. The summed E-state index contributed by atoms with van der Waals surface area (Å²) in [6, 6.07) is 5.28. The molecular formula is C15H15Cl2N3OS. The number of halogens is 2. The van der Waals surface area contributed by atoms with Crippen LogP contribution >= 0.6 is 34.5 Å². The lowest BCUT2D eigenvalue weighted by atomic mass is 10.2. The van der Waals surface area contributed by atoms with E-state index in [-0.39, 0.29) is 5.91 Å². The van der Waals surface area contributed by atoms with E-state index in [9.17, 15) is 4.79 Å². The zero-order valence-corrected chi connectivity index (χ0v) is 14.1. The Morgan fingerprint density at radius 2 is 2.14 bits per heavy atom. The minimum absolute atomic E-state index is 0.0173. The van der Waals surface area contributed by atoms with E-state index < -0.39 is 0 Å². The number of rotatable bonds is 2. The Morgan fingerprint density at radius 3 is 2.95 bits per heavy atom. The monoisotopic (exact) mass is 355 g/mol. The fourth-order valence-electron chi connectivity index (χ4n) is 2.37. The van der Waals surface area contributed by atoms with E-state index in [0.29, 0.717) is 22.3 Å². The van der Waals surface area contributed by atoms with Gasteiger partial charge >= 0.3 is 0 Å². The van der Waals surface area contributed by atoms with Crippen molar-refractivity contribution in [3.8, 4) is 10.6 Å². The lowest BCUT2D eigenvalue weighted by Crippen LogP contribution is -2.34. The van der Waals surface area contributed by atoms with Gasteiger partial charge in [-0.15, -0.1) is 11.3 Å². The fraction of sp³-hybridized carbons (Fsp3) is 0.333. The number of nitrogens with zero attached hydrogens (tertiary/aromatic N) is 2. The SMILES string of the molecule is O=C(c1csc(-c2ccc(Cl)cc2Cl)n1)N1CCCNCC1. The lowest BCUT2D eigenvalue weighted by Gasteiger charge is -2.18. The van der Waals surface area contributed by atoms with E-state index in [2.05, 4.69) is 10.3 Å². The first kappa shape index (κ1) is 15.7. The Bertz CT molecular complexity index is 681. The number of thiazole rings is 1. The van der Waals surface area contributed by atoms with Crippen LogP contribution in [0, 0.1) is 0 Å². The van der Waals surface area contributed by atoms with Gasteiger partial charge in [0.1, 0.15) is 10.7 Å². The molecule has 0 aliphatic carbocycles. The third kappa shape index (κ3) is 3.43. The largest absolute Gasteiger partial charge is 0.336 e. The van der Waals surface area contributed by atoms with Crippen molar-refractivity contribution in [2.75, 3.05) is 26.2 Å². The standard InChI is InChI=1S/C15H15Cl2N3OS/c16-10-2-3-11(12(17)8-10)14-19-13(9-22-14)15(21)20-6-1-4-18-5-7-20/h2-3,8-9,18H,1,4-7H2. The highest BCUT2D eigenvalue weighted by Crippen LogP contribution is 2.32. The van der Waals surface area contributed by atoms with Crippen molar-refractivity contribution in [1.82, 2.24) is 15.2 Å². The number of carbonyl (C=O) groups excluding carboxylic acids is 1. The van der Waals surface area contributed by atoms with Crippen molar-refractivity contribution in [1.29, 1.82) is 0 Å². The van der Waals surface area contributed by atoms with Crippen LogP contribution < -0.4 is 5.32 Å². The quantitative estimate of drug-likeness (QED) is 0.895. The van der Waals surface area contributed by atoms with Crippen molar-refractivity contribution in [2.45, 2.75) is 6.42 Å². The summed E-state index contributed by atoms with van der Waals surface area (Å²) in [6.07, 6.45) is 0.964. The second-order valence-corrected chi connectivity index (χ2v) is 6.76. The Balaban J connectivity index is 1.82. The summed E-state index contributed by atoms with van der Waals surface area (Å²) in [5.41, 5.74) is 1.28. The second kappa shape index (κ2) is 6.96. The van der Waals surface area contributed by atoms with E-state index >= 15 is 0 Å². The molecule has 1 N–H and O–H groups in total. The number of aromatic nitrogens is 1. The van der Waals surface area contributed by atoms with Crippen LogP contribution in [0.2, 0.25) is 10.0 Å². The third-order valence-electron chi connectivity index (χ3n) is 3.51. The molecule has 1 aromatic carbocycles. The molecule has 2 aromatic rings. The number of hydrogen-bond acceptors (Lipinski definition) is 4. The van der Waals surface area contributed by atoms with Crippen LogP contribution in [-0.2, 0) is 0 Å². The van der Waals surface area contributed by atoms with E-state index in [4.69, 9.17) is 23.2 Å². The van der Waals surface area contributed by atoms with Crippen LogP contribution in [0.25, 0.3) is 10.6 Å². The maximum absolute atomic E-state index is 12.5. The maximum atomic E-state index is 12.5. The van der Waals surface area contributed by atoms with Crippen molar-refractivity contribution in [2.24, 2.45) is 0 Å². The molecule has 1 saturated heterocycles. The minimum Gasteiger partial charge on any atom is -0.336 e. The van der Waals surface area contributed by atoms with Crippen molar-refractivity contribution in [3.63, 3.8) is 0 Å². The van der Waals surface area contributed by atoms with Gasteiger partial charge in [0, 0.05) is 35.6 Å². The molecule has 7 heteroatoms. The van der Waals surface area contributed by atoms with Gasteiger partial charge in [0.15, 0.2) is 0 Å². The normalized spacial score (nSPS) is 15.6. The first-order valence-electron chi connectivity index (χ1n) is 7.06. The number of hydrogen-bond donors (Lipinski definition) is 1. The third-order valence-corrected chi connectivity index (χ3v) is 4.94. The van der Waals surface area contributed by atoms with E-state index in [1.165, 1.54) is 11.3 Å². The molecule has 0 saturated carbocycles. The van der Waals surface area contributed by atoms with Crippen LogP contribution in [0.4, 0.5) is 0 Å². The molecule has 2 heterocycles. The predicted octanol–water partition coefficient (Wildman–Crippen LogP) is 3.55. The molecule has 1 aliphatic rings.